The summed E-state index contributed by atoms with van der Waals surface area (Å²) in [5.74, 6) is 0. The van der Waals surface area contributed by atoms with Crippen molar-refractivity contribution in [1.82, 2.24) is 24.6 Å². The minimum atomic E-state index is 0.911. The molecule has 102 valence electrons. The number of aromatic nitrogens is 5. The number of aryl methyl sites for hydroxylation is 1. The maximum atomic E-state index is 4.71. The van der Waals surface area contributed by atoms with Crippen molar-refractivity contribution in [2.45, 2.75) is 6.92 Å². The highest BCUT2D eigenvalue weighted by Crippen LogP contribution is 2.30. The lowest BCUT2D eigenvalue weighted by Gasteiger charge is -2.09. The van der Waals surface area contributed by atoms with Crippen molar-refractivity contribution in [2.75, 3.05) is 0 Å². The van der Waals surface area contributed by atoms with Crippen LogP contribution >= 0.6 is 0 Å². The van der Waals surface area contributed by atoms with Gasteiger partial charge in [-0.2, -0.15) is 5.10 Å². The van der Waals surface area contributed by atoms with Crippen LogP contribution in [0.25, 0.3) is 28.0 Å². The van der Waals surface area contributed by atoms with E-state index in [2.05, 4.69) is 27.3 Å². The Labute approximate surface area is 121 Å². The minimum Gasteiger partial charge on any atom is -0.307 e. The number of aromatic amines is 1. The first-order chi connectivity index (χ1) is 10.3. The van der Waals surface area contributed by atoms with Gasteiger partial charge in [-0.1, -0.05) is 6.07 Å². The molecule has 0 aliphatic heterocycles. The number of pyridine rings is 2. The molecule has 0 spiro atoms. The molecule has 1 N–H and O–H groups in total. The Morgan fingerprint density at radius 3 is 2.90 bits per heavy atom. The molecule has 4 rings (SSSR count). The highest BCUT2D eigenvalue weighted by molar-refractivity contribution is 5.81. The molecule has 0 radical (unpaired) electrons. The summed E-state index contributed by atoms with van der Waals surface area (Å²) in [6, 6.07) is 8.20. The predicted octanol–water partition coefficient (Wildman–Crippen LogP) is 3.09. The molecule has 4 heterocycles. The molecule has 0 aromatic carbocycles. The Balaban J connectivity index is 1.96. The summed E-state index contributed by atoms with van der Waals surface area (Å²) in [4.78, 5) is 9.05. The van der Waals surface area contributed by atoms with E-state index >= 15 is 0 Å². The quantitative estimate of drug-likeness (QED) is 0.611. The van der Waals surface area contributed by atoms with Crippen LogP contribution in [0.5, 0.6) is 0 Å². The van der Waals surface area contributed by atoms with Gasteiger partial charge in [-0.3, -0.25) is 10.1 Å². The molecule has 0 saturated carbocycles. The van der Waals surface area contributed by atoms with Crippen LogP contribution in [0.2, 0.25) is 0 Å². The van der Waals surface area contributed by atoms with E-state index in [1.807, 2.05) is 48.2 Å². The molecule has 21 heavy (non-hydrogen) atoms. The molecule has 0 saturated heterocycles. The van der Waals surface area contributed by atoms with Gasteiger partial charge in [-0.25, -0.2) is 4.98 Å². The van der Waals surface area contributed by atoms with Crippen molar-refractivity contribution in [1.29, 1.82) is 0 Å². The normalized spacial score (nSPS) is 11.1. The smallest absolute Gasteiger partial charge is 0.137 e. The Hall–Kier alpha value is -2.95. The second-order valence-corrected chi connectivity index (χ2v) is 4.94. The van der Waals surface area contributed by atoms with Crippen molar-refractivity contribution in [3.8, 4) is 22.4 Å². The number of imidazole rings is 1. The second kappa shape index (κ2) is 4.56. The van der Waals surface area contributed by atoms with Gasteiger partial charge >= 0.3 is 0 Å². The van der Waals surface area contributed by atoms with E-state index in [-0.39, 0.29) is 0 Å². The monoisotopic (exact) mass is 275 g/mol. The number of H-pyrrole nitrogens is 1. The molecule has 0 unspecified atom stereocenters. The van der Waals surface area contributed by atoms with Gasteiger partial charge in [0.05, 0.1) is 11.9 Å². The lowest BCUT2D eigenvalue weighted by Crippen LogP contribution is -1.93. The number of fused-ring (bicyclic) bond motifs is 1. The number of nitrogens with zero attached hydrogens (tertiary/aromatic N) is 4. The van der Waals surface area contributed by atoms with Gasteiger partial charge in [-0.05, 0) is 25.1 Å². The maximum Gasteiger partial charge on any atom is 0.137 e. The Morgan fingerprint density at radius 2 is 2.05 bits per heavy atom. The first-order valence-electron chi connectivity index (χ1n) is 6.71. The van der Waals surface area contributed by atoms with Gasteiger partial charge in [0.2, 0.25) is 0 Å². The summed E-state index contributed by atoms with van der Waals surface area (Å²) in [6.07, 6.45) is 9.41. The van der Waals surface area contributed by atoms with E-state index in [0.29, 0.717) is 0 Å². The maximum absolute atomic E-state index is 4.71. The fourth-order valence-corrected chi connectivity index (χ4v) is 2.47. The standard InChI is InChI=1S/C16H13N5/c1-11-2-3-14(13-9-18-19-10-13)16(20-11)12-4-6-21-7-5-17-15(21)8-12/h2-10H,1H3,(H,18,19). The molecule has 5 heteroatoms. The van der Waals surface area contributed by atoms with Crippen LogP contribution in [0.1, 0.15) is 5.69 Å². The van der Waals surface area contributed by atoms with Crippen molar-refractivity contribution in [3.63, 3.8) is 0 Å². The van der Waals surface area contributed by atoms with Crippen LogP contribution in [0, 0.1) is 6.92 Å². The van der Waals surface area contributed by atoms with Crippen LogP contribution in [0.3, 0.4) is 0 Å². The van der Waals surface area contributed by atoms with Gasteiger partial charge in [0.15, 0.2) is 0 Å². The molecule has 4 aromatic rings. The third-order valence-corrected chi connectivity index (χ3v) is 3.52. The zero-order valence-corrected chi connectivity index (χ0v) is 11.5. The molecule has 0 atom stereocenters. The molecule has 0 aliphatic carbocycles. The van der Waals surface area contributed by atoms with E-state index in [4.69, 9.17) is 4.98 Å². The molecule has 0 fully saturated rings. The highest BCUT2D eigenvalue weighted by Gasteiger charge is 2.11. The number of rotatable bonds is 2. The molecule has 4 aromatic heterocycles. The second-order valence-electron chi connectivity index (χ2n) is 4.94. The van der Waals surface area contributed by atoms with Crippen molar-refractivity contribution < 1.29 is 0 Å². The number of hydrogen-bond acceptors (Lipinski definition) is 3. The lowest BCUT2D eigenvalue weighted by molar-refractivity contribution is 1.09. The van der Waals surface area contributed by atoms with E-state index in [1.165, 1.54) is 0 Å². The molecule has 0 aliphatic rings. The summed E-state index contributed by atoms with van der Waals surface area (Å²) in [7, 11) is 0. The van der Waals surface area contributed by atoms with Gasteiger partial charge in [0, 0.05) is 47.2 Å². The molecule has 0 bridgehead atoms. The van der Waals surface area contributed by atoms with E-state index in [1.54, 1.807) is 6.20 Å². The van der Waals surface area contributed by atoms with Crippen molar-refractivity contribution >= 4 is 5.65 Å². The Bertz CT molecular complexity index is 905. The van der Waals surface area contributed by atoms with Crippen LogP contribution in [0.15, 0.2) is 55.2 Å². The van der Waals surface area contributed by atoms with Gasteiger partial charge in [0.25, 0.3) is 0 Å². The molecule has 5 nitrogen and oxygen atoms in total. The summed E-state index contributed by atoms with van der Waals surface area (Å²) in [5.41, 5.74) is 5.98. The Morgan fingerprint density at radius 1 is 1.10 bits per heavy atom. The topological polar surface area (TPSA) is 58.9 Å². The fourth-order valence-electron chi connectivity index (χ4n) is 2.47. The number of hydrogen-bond donors (Lipinski definition) is 1. The first-order valence-corrected chi connectivity index (χ1v) is 6.71. The van der Waals surface area contributed by atoms with Crippen LogP contribution in [-0.4, -0.2) is 24.6 Å². The van der Waals surface area contributed by atoms with Gasteiger partial charge in [0.1, 0.15) is 5.65 Å². The van der Waals surface area contributed by atoms with Crippen LogP contribution in [0.4, 0.5) is 0 Å². The van der Waals surface area contributed by atoms with Crippen LogP contribution in [-0.2, 0) is 0 Å². The lowest BCUT2D eigenvalue weighted by atomic mass is 10.0. The third kappa shape index (κ3) is 1.99. The zero-order valence-electron chi connectivity index (χ0n) is 11.5. The average molecular weight is 275 g/mol. The van der Waals surface area contributed by atoms with Gasteiger partial charge < -0.3 is 4.40 Å². The minimum absolute atomic E-state index is 0.911. The van der Waals surface area contributed by atoms with Crippen molar-refractivity contribution in [2.24, 2.45) is 0 Å². The molecular weight excluding hydrogens is 262 g/mol. The summed E-state index contributed by atoms with van der Waals surface area (Å²) < 4.78 is 1.98. The average Bonchev–Trinajstić information content (AvgIpc) is 3.17. The first kappa shape index (κ1) is 11.8. The summed E-state index contributed by atoms with van der Waals surface area (Å²) in [6.45, 7) is 2.00. The fraction of sp³-hybridized carbons (Fsp3) is 0.0625. The van der Waals surface area contributed by atoms with Crippen LogP contribution < -0.4 is 0 Å². The molecular formula is C16H13N5. The van der Waals surface area contributed by atoms with E-state index in [0.717, 1.165) is 33.7 Å². The highest BCUT2D eigenvalue weighted by atomic mass is 15.1. The largest absolute Gasteiger partial charge is 0.307 e. The van der Waals surface area contributed by atoms with Crippen molar-refractivity contribution in [3.05, 3.63) is 60.9 Å². The third-order valence-electron chi connectivity index (χ3n) is 3.52. The van der Waals surface area contributed by atoms with E-state index < -0.39 is 0 Å². The predicted molar refractivity (Wildman–Crippen MR) is 80.7 cm³/mol. The zero-order chi connectivity index (χ0) is 14.2. The van der Waals surface area contributed by atoms with Gasteiger partial charge in [-0.15, -0.1) is 0 Å². The number of nitrogens with one attached hydrogen (secondary N) is 1. The van der Waals surface area contributed by atoms with E-state index in [9.17, 15) is 0 Å². The summed E-state index contributed by atoms with van der Waals surface area (Å²) >= 11 is 0. The molecule has 0 amide bonds. The Kier molecular flexibility index (Phi) is 2.57. The SMILES string of the molecule is Cc1ccc(-c2cn[nH]c2)c(-c2ccn3ccnc3c2)n1. The summed E-state index contributed by atoms with van der Waals surface area (Å²) in [5, 5.41) is 6.88.